The SMILES string of the molecule is C=C(C(=O)/C=C\N(N)c1ccnc(Cl)c1)c1ccnn1-c1ccnc2ccccc12. The van der Waals surface area contributed by atoms with Crippen molar-refractivity contribution < 1.29 is 4.79 Å². The normalized spacial score (nSPS) is 11.1. The third kappa shape index (κ3) is 3.84. The van der Waals surface area contributed by atoms with E-state index in [1.54, 1.807) is 35.3 Å². The van der Waals surface area contributed by atoms with Crippen LogP contribution in [0.5, 0.6) is 0 Å². The summed E-state index contributed by atoms with van der Waals surface area (Å²) < 4.78 is 1.68. The van der Waals surface area contributed by atoms with Gasteiger partial charge in [-0.25, -0.2) is 15.5 Å². The number of rotatable bonds is 6. The molecule has 0 fully saturated rings. The summed E-state index contributed by atoms with van der Waals surface area (Å²) in [6.45, 7) is 3.96. The highest BCUT2D eigenvalue weighted by Gasteiger charge is 2.15. The molecule has 0 saturated heterocycles. The molecule has 8 heteroatoms. The van der Waals surface area contributed by atoms with Crippen molar-refractivity contribution >= 4 is 39.5 Å². The topological polar surface area (TPSA) is 89.9 Å². The number of carbonyl (C=O) groups is 1. The molecule has 0 aliphatic heterocycles. The molecule has 2 N–H and O–H groups in total. The Hall–Kier alpha value is -3.81. The van der Waals surface area contributed by atoms with Crippen LogP contribution in [0.1, 0.15) is 5.69 Å². The van der Waals surface area contributed by atoms with Crippen LogP contribution in [0, 0.1) is 0 Å². The fourth-order valence-corrected chi connectivity index (χ4v) is 3.17. The van der Waals surface area contributed by atoms with Crippen molar-refractivity contribution in [2.45, 2.75) is 0 Å². The first-order chi connectivity index (χ1) is 14.5. The summed E-state index contributed by atoms with van der Waals surface area (Å²) in [4.78, 5) is 21.0. The lowest BCUT2D eigenvalue weighted by molar-refractivity contribution is -0.109. The molecule has 0 bridgehead atoms. The molecule has 0 amide bonds. The van der Waals surface area contributed by atoms with Gasteiger partial charge in [-0.3, -0.25) is 14.8 Å². The van der Waals surface area contributed by atoms with E-state index < -0.39 is 0 Å². The Bertz CT molecular complexity index is 1270. The summed E-state index contributed by atoms with van der Waals surface area (Å²) in [7, 11) is 0. The van der Waals surface area contributed by atoms with Crippen molar-refractivity contribution in [2.24, 2.45) is 5.84 Å². The Kier molecular flexibility index (Phi) is 5.38. The number of para-hydroxylation sites is 1. The van der Waals surface area contributed by atoms with Crippen LogP contribution in [0.25, 0.3) is 22.2 Å². The van der Waals surface area contributed by atoms with Gasteiger partial charge in [0.1, 0.15) is 5.15 Å². The number of hydrazine groups is 1. The number of halogens is 1. The fourth-order valence-electron chi connectivity index (χ4n) is 3.00. The first kappa shape index (κ1) is 19.5. The van der Waals surface area contributed by atoms with Crippen LogP contribution in [0.2, 0.25) is 5.15 Å². The average molecular weight is 417 g/mol. The average Bonchev–Trinajstić information content (AvgIpc) is 3.26. The van der Waals surface area contributed by atoms with Crippen molar-refractivity contribution in [3.05, 3.63) is 96.8 Å². The Balaban J connectivity index is 1.60. The number of ketones is 1. The number of hydrogen-bond donors (Lipinski definition) is 1. The van der Waals surface area contributed by atoms with Gasteiger partial charge in [0, 0.05) is 41.7 Å². The van der Waals surface area contributed by atoms with E-state index in [0.717, 1.165) is 16.6 Å². The minimum absolute atomic E-state index is 0.283. The number of hydrogen-bond acceptors (Lipinski definition) is 6. The molecule has 7 nitrogen and oxygen atoms in total. The first-order valence-electron chi connectivity index (χ1n) is 9.00. The van der Waals surface area contributed by atoms with E-state index in [9.17, 15) is 4.79 Å². The van der Waals surface area contributed by atoms with Crippen molar-refractivity contribution in [2.75, 3.05) is 5.01 Å². The van der Waals surface area contributed by atoms with Crippen LogP contribution in [0.15, 0.2) is 86.0 Å². The molecule has 0 saturated carbocycles. The zero-order chi connectivity index (χ0) is 21.1. The van der Waals surface area contributed by atoms with E-state index in [0.29, 0.717) is 16.5 Å². The number of benzene rings is 1. The highest BCUT2D eigenvalue weighted by Crippen LogP contribution is 2.24. The predicted octanol–water partition coefficient (Wildman–Crippen LogP) is 3.95. The van der Waals surface area contributed by atoms with Crippen LogP contribution in [0.4, 0.5) is 5.69 Å². The van der Waals surface area contributed by atoms with E-state index in [-0.39, 0.29) is 11.4 Å². The van der Waals surface area contributed by atoms with E-state index >= 15 is 0 Å². The Labute approximate surface area is 177 Å². The third-order valence-corrected chi connectivity index (χ3v) is 4.71. The number of anilines is 1. The van der Waals surface area contributed by atoms with Crippen LogP contribution < -0.4 is 10.9 Å². The smallest absolute Gasteiger partial charge is 0.188 e. The molecule has 4 aromatic rings. The van der Waals surface area contributed by atoms with E-state index in [4.69, 9.17) is 17.4 Å². The van der Waals surface area contributed by atoms with Crippen molar-refractivity contribution in [1.82, 2.24) is 19.7 Å². The number of nitrogens with zero attached hydrogens (tertiary/aromatic N) is 5. The predicted molar refractivity (Wildman–Crippen MR) is 118 cm³/mol. The minimum Gasteiger partial charge on any atom is -0.289 e. The van der Waals surface area contributed by atoms with Crippen LogP contribution in [0.3, 0.4) is 0 Å². The van der Waals surface area contributed by atoms with Gasteiger partial charge >= 0.3 is 0 Å². The highest BCUT2D eigenvalue weighted by molar-refractivity contribution is 6.29. The number of pyridine rings is 2. The zero-order valence-electron chi connectivity index (χ0n) is 15.8. The minimum atomic E-state index is -0.300. The molecular formula is C22H17ClN6O. The molecule has 1 aromatic carbocycles. The first-order valence-corrected chi connectivity index (χ1v) is 9.38. The van der Waals surface area contributed by atoms with Gasteiger partial charge < -0.3 is 0 Å². The van der Waals surface area contributed by atoms with Gasteiger partial charge in [0.25, 0.3) is 0 Å². The molecule has 0 unspecified atom stereocenters. The van der Waals surface area contributed by atoms with E-state index in [1.165, 1.54) is 23.5 Å². The van der Waals surface area contributed by atoms with Gasteiger partial charge in [-0.15, -0.1) is 0 Å². The standard InChI is InChI=1S/C22H17ClN6O/c1-15(21(30)9-13-28(24)16-6-10-26-22(23)14-16)19-8-12-27-29(19)20-7-11-25-18-5-3-2-4-17(18)20/h2-14H,1,24H2/b13-9-. The largest absolute Gasteiger partial charge is 0.289 e. The summed E-state index contributed by atoms with van der Waals surface area (Å²) in [6, 6.07) is 14.6. The number of allylic oxidation sites excluding steroid dienone is 2. The number of carbonyl (C=O) groups excluding carboxylic acids is 1. The van der Waals surface area contributed by atoms with Crippen LogP contribution >= 0.6 is 11.6 Å². The highest BCUT2D eigenvalue weighted by atomic mass is 35.5. The Morgan fingerprint density at radius 3 is 2.73 bits per heavy atom. The lowest BCUT2D eigenvalue weighted by atomic mass is 10.1. The maximum Gasteiger partial charge on any atom is 0.188 e. The molecule has 0 atom stereocenters. The van der Waals surface area contributed by atoms with Gasteiger partial charge in [-0.1, -0.05) is 36.4 Å². The van der Waals surface area contributed by atoms with Gasteiger partial charge in [-0.2, -0.15) is 5.10 Å². The van der Waals surface area contributed by atoms with Crippen LogP contribution in [-0.4, -0.2) is 25.5 Å². The number of nitrogens with two attached hydrogens (primary N) is 1. The molecule has 0 spiro atoms. The van der Waals surface area contributed by atoms with Gasteiger partial charge in [0.2, 0.25) is 0 Å². The Morgan fingerprint density at radius 1 is 1.10 bits per heavy atom. The molecule has 148 valence electrons. The molecule has 0 aliphatic carbocycles. The van der Waals surface area contributed by atoms with Crippen LogP contribution in [-0.2, 0) is 4.79 Å². The fraction of sp³-hybridized carbons (Fsp3) is 0. The maximum atomic E-state index is 12.7. The second-order valence-corrected chi connectivity index (χ2v) is 6.77. The molecule has 3 aromatic heterocycles. The monoisotopic (exact) mass is 416 g/mol. The van der Waals surface area contributed by atoms with Crippen molar-refractivity contribution in [1.29, 1.82) is 0 Å². The molecule has 0 radical (unpaired) electrons. The maximum absolute atomic E-state index is 12.7. The summed E-state index contributed by atoms with van der Waals surface area (Å²) >= 11 is 5.87. The van der Waals surface area contributed by atoms with Gasteiger partial charge in [-0.05, 0) is 24.3 Å². The molecule has 3 heterocycles. The van der Waals surface area contributed by atoms with Crippen molar-refractivity contribution in [3.63, 3.8) is 0 Å². The quantitative estimate of drug-likeness (QED) is 0.221. The number of fused-ring (bicyclic) bond motifs is 1. The van der Waals surface area contributed by atoms with Gasteiger partial charge in [0.05, 0.1) is 28.8 Å². The third-order valence-electron chi connectivity index (χ3n) is 4.50. The number of aromatic nitrogens is 4. The second kappa shape index (κ2) is 8.28. The Morgan fingerprint density at radius 2 is 1.90 bits per heavy atom. The summed E-state index contributed by atoms with van der Waals surface area (Å²) in [5, 5.41) is 6.90. The summed E-state index contributed by atoms with van der Waals surface area (Å²) in [5.74, 6) is 5.67. The second-order valence-electron chi connectivity index (χ2n) is 6.38. The van der Waals surface area contributed by atoms with E-state index in [1.807, 2.05) is 30.3 Å². The lowest BCUT2D eigenvalue weighted by Gasteiger charge is -2.13. The molecule has 0 aliphatic rings. The molecule has 30 heavy (non-hydrogen) atoms. The summed E-state index contributed by atoms with van der Waals surface area (Å²) in [6.07, 6.45) is 7.66. The van der Waals surface area contributed by atoms with Gasteiger partial charge in [0.15, 0.2) is 5.78 Å². The zero-order valence-corrected chi connectivity index (χ0v) is 16.6. The molecular weight excluding hydrogens is 400 g/mol. The van der Waals surface area contributed by atoms with E-state index in [2.05, 4.69) is 21.6 Å². The summed E-state index contributed by atoms with van der Waals surface area (Å²) in [5.41, 5.74) is 3.11. The lowest BCUT2D eigenvalue weighted by Crippen LogP contribution is -2.24. The van der Waals surface area contributed by atoms with Crippen molar-refractivity contribution in [3.8, 4) is 5.69 Å². The molecule has 4 rings (SSSR count).